The van der Waals surface area contributed by atoms with Crippen LogP contribution in [0.25, 0.3) is 11.4 Å². The summed E-state index contributed by atoms with van der Waals surface area (Å²) in [5.74, 6) is -0.301. The number of carbonyl (C=O) groups excluding carboxylic acids is 2. The Morgan fingerprint density at radius 1 is 1.27 bits per heavy atom. The van der Waals surface area contributed by atoms with Gasteiger partial charge >= 0.3 is 0 Å². The molecule has 2 N–H and O–H groups in total. The molecule has 0 aliphatic carbocycles. The van der Waals surface area contributed by atoms with E-state index in [1.807, 2.05) is 11.0 Å². The standard InChI is InChI=1S/C17H19ClN6O2/c1-10(25)24-4-3-20-8-15(24)11-5-13(23-16(18)6-11)12-7-14(17(26)19-2)22-9-21-12/h5-7,9,15,20H,3-4,8H2,1-2H3,(H,19,26)/t15-/m0/s1. The van der Waals surface area contributed by atoms with Crippen LogP contribution in [-0.2, 0) is 4.79 Å². The Hall–Kier alpha value is -2.58. The van der Waals surface area contributed by atoms with Crippen LogP contribution in [0, 0.1) is 0 Å². The SMILES string of the molecule is CNC(=O)c1cc(-c2cc([C@@H]3CNCCN3C(C)=O)cc(Cl)n2)ncn1. The van der Waals surface area contributed by atoms with Crippen molar-refractivity contribution in [1.82, 2.24) is 30.5 Å². The highest BCUT2D eigenvalue weighted by Gasteiger charge is 2.26. The Kier molecular flexibility index (Phi) is 5.43. The number of halogens is 1. The molecule has 3 rings (SSSR count). The van der Waals surface area contributed by atoms with Gasteiger partial charge < -0.3 is 15.5 Å². The van der Waals surface area contributed by atoms with Gasteiger partial charge in [0, 0.05) is 33.6 Å². The number of nitrogens with zero attached hydrogens (tertiary/aromatic N) is 4. The van der Waals surface area contributed by atoms with Crippen molar-refractivity contribution in [2.75, 3.05) is 26.7 Å². The predicted molar refractivity (Wildman–Crippen MR) is 96.7 cm³/mol. The topological polar surface area (TPSA) is 100 Å². The van der Waals surface area contributed by atoms with E-state index in [-0.39, 0.29) is 23.6 Å². The van der Waals surface area contributed by atoms with E-state index in [1.165, 1.54) is 13.4 Å². The fourth-order valence-electron chi connectivity index (χ4n) is 2.97. The quantitative estimate of drug-likeness (QED) is 0.779. The second-order valence-corrected chi connectivity index (χ2v) is 6.30. The van der Waals surface area contributed by atoms with Crippen LogP contribution in [0.2, 0.25) is 5.15 Å². The Morgan fingerprint density at radius 3 is 2.81 bits per heavy atom. The van der Waals surface area contributed by atoms with Gasteiger partial charge in [0.25, 0.3) is 5.91 Å². The molecule has 3 heterocycles. The predicted octanol–water partition coefficient (Wildman–Crippen LogP) is 1.04. The molecule has 1 saturated heterocycles. The Balaban J connectivity index is 2.00. The molecular formula is C17H19ClN6O2. The molecule has 136 valence electrons. The van der Waals surface area contributed by atoms with E-state index in [9.17, 15) is 9.59 Å². The van der Waals surface area contributed by atoms with Crippen LogP contribution in [0.5, 0.6) is 0 Å². The zero-order valence-corrected chi connectivity index (χ0v) is 15.2. The molecule has 2 aromatic rings. The van der Waals surface area contributed by atoms with Gasteiger partial charge in [0.2, 0.25) is 5.91 Å². The summed E-state index contributed by atoms with van der Waals surface area (Å²) >= 11 is 6.22. The molecule has 9 heteroatoms. The maximum absolute atomic E-state index is 12.0. The van der Waals surface area contributed by atoms with Crippen LogP contribution in [0.15, 0.2) is 24.5 Å². The molecule has 2 aromatic heterocycles. The van der Waals surface area contributed by atoms with Crippen LogP contribution in [0.4, 0.5) is 0 Å². The van der Waals surface area contributed by atoms with Crippen molar-refractivity contribution in [2.45, 2.75) is 13.0 Å². The van der Waals surface area contributed by atoms with Gasteiger partial charge in [0.15, 0.2) is 0 Å². The molecule has 26 heavy (non-hydrogen) atoms. The summed E-state index contributed by atoms with van der Waals surface area (Å²) in [6, 6.07) is 5.01. The molecule has 0 aromatic carbocycles. The third-order valence-electron chi connectivity index (χ3n) is 4.24. The molecule has 2 amide bonds. The van der Waals surface area contributed by atoms with Gasteiger partial charge in [-0.1, -0.05) is 11.6 Å². The monoisotopic (exact) mass is 374 g/mol. The van der Waals surface area contributed by atoms with Crippen molar-refractivity contribution in [2.24, 2.45) is 0 Å². The highest BCUT2D eigenvalue weighted by Crippen LogP contribution is 2.28. The van der Waals surface area contributed by atoms with E-state index in [4.69, 9.17) is 11.6 Å². The van der Waals surface area contributed by atoms with Crippen LogP contribution in [0.3, 0.4) is 0 Å². The fraction of sp³-hybridized carbons (Fsp3) is 0.353. The minimum absolute atomic E-state index is 0.00919. The smallest absolute Gasteiger partial charge is 0.269 e. The fourth-order valence-corrected chi connectivity index (χ4v) is 3.19. The van der Waals surface area contributed by atoms with Crippen LogP contribution < -0.4 is 10.6 Å². The van der Waals surface area contributed by atoms with Crippen LogP contribution in [0.1, 0.15) is 29.0 Å². The van der Waals surface area contributed by atoms with Gasteiger partial charge in [-0.3, -0.25) is 9.59 Å². The lowest BCUT2D eigenvalue weighted by molar-refractivity contribution is -0.132. The molecule has 0 spiro atoms. The molecule has 1 atom stereocenters. The average Bonchev–Trinajstić information content (AvgIpc) is 2.67. The molecule has 0 saturated carbocycles. The first-order chi connectivity index (χ1) is 12.5. The van der Waals surface area contributed by atoms with Crippen LogP contribution >= 0.6 is 11.6 Å². The lowest BCUT2D eigenvalue weighted by Gasteiger charge is -2.36. The van der Waals surface area contributed by atoms with E-state index in [1.54, 1.807) is 19.1 Å². The van der Waals surface area contributed by atoms with Crippen molar-refractivity contribution in [1.29, 1.82) is 0 Å². The number of nitrogens with one attached hydrogen (secondary N) is 2. The zero-order chi connectivity index (χ0) is 18.7. The number of carbonyl (C=O) groups is 2. The zero-order valence-electron chi connectivity index (χ0n) is 14.5. The third kappa shape index (κ3) is 3.81. The lowest BCUT2D eigenvalue weighted by Crippen LogP contribution is -2.47. The normalized spacial score (nSPS) is 17.0. The van der Waals surface area contributed by atoms with Crippen molar-refractivity contribution < 1.29 is 9.59 Å². The number of hydrogen-bond donors (Lipinski definition) is 2. The Morgan fingerprint density at radius 2 is 2.08 bits per heavy atom. The van der Waals surface area contributed by atoms with Gasteiger partial charge in [-0.15, -0.1) is 0 Å². The number of amides is 2. The van der Waals surface area contributed by atoms with Gasteiger partial charge in [-0.25, -0.2) is 15.0 Å². The molecular weight excluding hydrogens is 356 g/mol. The number of rotatable bonds is 3. The number of hydrogen-bond acceptors (Lipinski definition) is 6. The van der Waals surface area contributed by atoms with Gasteiger partial charge in [0.1, 0.15) is 17.2 Å². The summed E-state index contributed by atoms with van der Waals surface area (Å²) in [4.78, 5) is 38.0. The number of aromatic nitrogens is 3. The number of piperazine rings is 1. The summed E-state index contributed by atoms with van der Waals surface area (Å²) < 4.78 is 0. The van der Waals surface area contributed by atoms with Gasteiger partial charge in [-0.2, -0.15) is 0 Å². The molecule has 1 fully saturated rings. The first-order valence-corrected chi connectivity index (χ1v) is 8.57. The van der Waals surface area contributed by atoms with Crippen molar-refractivity contribution in [3.05, 3.63) is 40.9 Å². The molecule has 0 bridgehead atoms. The molecule has 1 aliphatic heterocycles. The van der Waals surface area contributed by atoms with E-state index < -0.39 is 0 Å². The first kappa shape index (κ1) is 18.2. The highest BCUT2D eigenvalue weighted by atomic mass is 35.5. The van der Waals surface area contributed by atoms with Gasteiger partial charge in [-0.05, 0) is 23.8 Å². The molecule has 0 radical (unpaired) electrons. The van der Waals surface area contributed by atoms with Crippen LogP contribution in [-0.4, -0.2) is 58.3 Å². The summed E-state index contributed by atoms with van der Waals surface area (Å²) in [5, 5.41) is 6.12. The van der Waals surface area contributed by atoms with Crippen molar-refractivity contribution in [3.8, 4) is 11.4 Å². The maximum atomic E-state index is 12.0. The van der Waals surface area contributed by atoms with Crippen molar-refractivity contribution >= 4 is 23.4 Å². The minimum Gasteiger partial charge on any atom is -0.354 e. The van der Waals surface area contributed by atoms with E-state index in [2.05, 4.69) is 25.6 Å². The second kappa shape index (κ2) is 7.76. The van der Waals surface area contributed by atoms with E-state index >= 15 is 0 Å². The Bertz CT molecular complexity index is 844. The third-order valence-corrected chi connectivity index (χ3v) is 4.43. The molecule has 1 aliphatic rings. The Labute approximate surface area is 156 Å². The van der Waals surface area contributed by atoms with Crippen molar-refractivity contribution in [3.63, 3.8) is 0 Å². The average molecular weight is 375 g/mol. The second-order valence-electron chi connectivity index (χ2n) is 5.91. The highest BCUT2D eigenvalue weighted by molar-refractivity contribution is 6.29. The van der Waals surface area contributed by atoms with Gasteiger partial charge in [0.05, 0.1) is 17.4 Å². The summed E-state index contributed by atoms with van der Waals surface area (Å²) in [6.07, 6.45) is 1.31. The summed E-state index contributed by atoms with van der Waals surface area (Å²) in [5.41, 5.74) is 2.11. The van der Waals surface area contributed by atoms with E-state index in [0.29, 0.717) is 29.6 Å². The first-order valence-electron chi connectivity index (χ1n) is 8.19. The molecule has 8 nitrogen and oxygen atoms in total. The minimum atomic E-state index is -0.310. The maximum Gasteiger partial charge on any atom is 0.269 e. The summed E-state index contributed by atoms with van der Waals surface area (Å²) in [6.45, 7) is 3.57. The van der Waals surface area contributed by atoms with E-state index in [0.717, 1.165) is 12.1 Å². The molecule has 0 unspecified atom stereocenters. The number of pyridine rings is 1. The summed E-state index contributed by atoms with van der Waals surface area (Å²) in [7, 11) is 1.53. The largest absolute Gasteiger partial charge is 0.354 e. The lowest BCUT2D eigenvalue weighted by atomic mass is 10.0.